The van der Waals surface area contributed by atoms with Crippen LogP contribution in [0.2, 0.25) is 0 Å². The van der Waals surface area contributed by atoms with Crippen LogP contribution >= 0.6 is 11.3 Å². The summed E-state index contributed by atoms with van der Waals surface area (Å²) in [7, 11) is 0. The van der Waals surface area contributed by atoms with E-state index in [4.69, 9.17) is 0 Å². The van der Waals surface area contributed by atoms with E-state index >= 15 is 0 Å². The number of hydrogen-bond acceptors (Lipinski definition) is 6. The maximum absolute atomic E-state index is 10.9. The number of aromatic nitrogens is 3. The lowest BCUT2D eigenvalue weighted by molar-refractivity contribution is 0.113. The van der Waals surface area contributed by atoms with E-state index in [2.05, 4.69) is 51.1 Å². The molecular weight excluding hydrogens is 346 g/mol. The molecule has 6 nitrogen and oxygen atoms in total. The van der Waals surface area contributed by atoms with E-state index in [-0.39, 0.29) is 11.9 Å². The summed E-state index contributed by atoms with van der Waals surface area (Å²) in [5.74, 6) is 0.995. The quantitative estimate of drug-likeness (QED) is 0.747. The molecule has 1 N–H and O–H groups in total. The van der Waals surface area contributed by atoms with Crippen molar-refractivity contribution in [3.63, 3.8) is 0 Å². The van der Waals surface area contributed by atoms with Crippen LogP contribution in [0, 0.1) is 0 Å². The third-order valence-corrected chi connectivity index (χ3v) is 6.22. The van der Waals surface area contributed by atoms with Gasteiger partial charge < -0.3 is 10.0 Å². The Bertz CT molecular complexity index is 867. The van der Waals surface area contributed by atoms with Crippen LogP contribution in [0.25, 0.3) is 4.96 Å². The second kappa shape index (κ2) is 7.34. The van der Waals surface area contributed by atoms with Gasteiger partial charge in [-0.1, -0.05) is 55.5 Å². The van der Waals surface area contributed by atoms with Crippen molar-refractivity contribution in [3.05, 3.63) is 46.6 Å². The first-order valence-electron chi connectivity index (χ1n) is 9.30. The van der Waals surface area contributed by atoms with Gasteiger partial charge in [-0.05, 0) is 12.1 Å². The summed E-state index contributed by atoms with van der Waals surface area (Å²) < 4.78 is 1.59. The van der Waals surface area contributed by atoms with Crippen molar-refractivity contribution in [1.29, 1.82) is 0 Å². The summed E-state index contributed by atoms with van der Waals surface area (Å²) in [6.07, 6.45) is 0.768. The van der Waals surface area contributed by atoms with Crippen LogP contribution < -0.4 is 0 Å². The average molecular weight is 372 g/mol. The van der Waals surface area contributed by atoms with E-state index in [1.165, 1.54) is 5.56 Å². The van der Waals surface area contributed by atoms with Gasteiger partial charge >= 0.3 is 0 Å². The predicted octanol–water partition coefficient (Wildman–Crippen LogP) is 2.79. The maximum atomic E-state index is 10.9. The van der Waals surface area contributed by atoms with E-state index < -0.39 is 0 Å². The molecule has 1 aromatic carbocycles. The Morgan fingerprint density at radius 1 is 1.12 bits per heavy atom. The Morgan fingerprint density at radius 3 is 2.46 bits per heavy atom. The zero-order valence-corrected chi connectivity index (χ0v) is 16.1. The minimum absolute atomic E-state index is 0.0359. The molecule has 0 amide bonds. The number of rotatable bonds is 5. The Morgan fingerprint density at radius 2 is 1.85 bits per heavy atom. The molecule has 0 bridgehead atoms. The summed E-state index contributed by atoms with van der Waals surface area (Å²) in [4.78, 5) is 11.2. The van der Waals surface area contributed by atoms with Crippen LogP contribution in [0.4, 0.5) is 0 Å². The molecule has 138 valence electrons. The molecule has 7 heteroatoms. The lowest BCUT2D eigenvalue weighted by atomic mass is 10.0. The lowest BCUT2D eigenvalue weighted by Crippen LogP contribution is -2.47. The Balaban J connectivity index is 1.74. The highest BCUT2D eigenvalue weighted by Gasteiger charge is 2.31. The molecule has 26 heavy (non-hydrogen) atoms. The van der Waals surface area contributed by atoms with Crippen molar-refractivity contribution in [2.75, 3.05) is 32.7 Å². The fourth-order valence-electron chi connectivity index (χ4n) is 3.62. The van der Waals surface area contributed by atoms with Crippen molar-refractivity contribution in [1.82, 2.24) is 24.4 Å². The van der Waals surface area contributed by atoms with Gasteiger partial charge in [0.05, 0.1) is 10.9 Å². The van der Waals surface area contributed by atoms with Gasteiger partial charge in [0.2, 0.25) is 10.8 Å². The molecule has 0 aliphatic carbocycles. The Labute approximate surface area is 157 Å². The van der Waals surface area contributed by atoms with Crippen molar-refractivity contribution in [2.24, 2.45) is 0 Å². The molecule has 1 aliphatic heterocycles. The number of hydrogen-bond donors (Lipinski definition) is 1. The van der Waals surface area contributed by atoms with Crippen LogP contribution in [-0.4, -0.2) is 62.2 Å². The maximum Gasteiger partial charge on any atom is 0.230 e. The number of aryl methyl sites for hydroxylation is 1. The second-order valence-electron chi connectivity index (χ2n) is 6.65. The highest BCUT2D eigenvalue weighted by molar-refractivity contribution is 7.17. The molecule has 4 rings (SSSR count). The minimum Gasteiger partial charge on any atom is -0.492 e. The lowest BCUT2D eigenvalue weighted by Gasteiger charge is -2.38. The Kier molecular flexibility index (Phi) is 4.93. The molecule has 1 saturated heterocycles. The third-order valence-electron chi connectivity index (χ3n) is 5.14. The van der Waals surface area contributed by atoms with E-state index in [1.54, 1.807) is 15.9 Å². The van der Waals surface area contributed by atoms with Crippen molar-refractivity contribution in [2.45, 2.75) is 26.3 Å². The fraction of sp³-hybridized carbons (Fsp3) is 0.474. The largest absolute Gasteiger partial charge is 0.492 e. The monoisotopic (exact) mass is 371 g/mol. The molecule has 3 aromatic rings. The number of fused-ring (bicyclic) bond motifs is 1. The predicted molar refractivity (Wildman–Crippen MR) is 104 cm³/mol. The van der Waals surface area contributed by atoms with E-state index in [1.807, 2.05) is 13.0 Å². The average Bonchev–Trinajstić information content (AvgIpc) is 3.23. The van der Waals surface area contributed by atoms with Gasteiger partial charge in [0.15, 0.2) is 5.82 Å². The molecule has 0 radical (unpaired) electrons. The molecule has 1 atom stereocenters. The standard InChI is InChI=1S/C19H25N5OS/c1-3-15-20-19-24(21-15)18(25)17(26-19)16(14-8-6-5-7-9-14)23-12-10-22(4-2)11-13-23/h5-9,16,25H,3-4,10-13H2,1-2H3. The molecule has 1 aliphatic rings. The van der Waals surface area contributed by atoms with Gasteiger partial charge in [-0.25, -0.2) is 4.98 Å². The third kappa shape index (κ3) is 3.11. The smallest absolute Gasteiger partial charge is 0.230 e. The molecule has 0 spiro atoms. The van der Waals surface area contributed by atoms with Gasteiger partial charge in [-0.3, -0.25) is 4.90 Å². The second-order valence-corrected chi connectivity index (χ2v) is 7.66. The topological polar surface area (TPSA) is 56.9 Å². The first-order valence-corrected chi connectivity index (χ1v) is 10.1. The first-order chi connectivity index (χ1) is 12.7. The van der Waals surface area contributed by atoms with Gasteiger partial charge in [-0.15, -0.1) is 5.10 Å². The van der Waals surface area contributed by atoms with Crippen LogP contribution in [-0.2, 0) is 6.42 Å². The summed E-state index contributed by atoms with van der Waals surface area (Å²) >= 11 is 1.55. The van der Waals surface area contributed by atoms with Crippen LogP contribution in [0.3, 0.4) is 0 Å². The van der Waals surface area contributed by atoms with Crippen LogP contribution in [0.15, 0.2) is 30.3 Å². The van der Waals surface area contributed by atoms with Gasteiger partial charge in [0.1, 0.15) is 0 Å². The Hall–Kier alpha value is -1.96. The zero-order chi connectivity index (χ0) is 18.1. The van der Waals surface area contributed by atoms with Gasteiger partial charge in [-0.2, -0.15) is 4.52 Å². The normalized spacial score (nSPS) is 17.8. The molecule has 0 saturated carbocycles. The first kappa shape index (κ1) is 17.5. The molecule has 3 heterocycles. The number of likely N-dealkylation sites (N-methyl/N-ethyl adjacent to an activating group) is 1. The highest BCUT2D eigenvalue weighted by atomic mass is 32.1. The van der Waals surface area contributed by atoms with E-state index in [0.29, 0.717) is 0 Å². The van der Waals surface area contributed by atoms with Crippen molar-refractivity contribution in [3.8, 4) is 5.88 Å². The van der Waals surface area contributed by atoms with Gasteiger partial charge in [0, 0.05) is 32.6 Å². The number of aromatic hydroxyl groups is 1. The van der Waals surface area contributed by atoms with Crippen molar-refractivity contribution >= 4 is 16.3 Å². The van der Waals surface area contributed by atoms with E-state index in [0.717, 1.165) is 54.8 Å². The molecule has 2 aromatic heterocycles. The number of nitrogens with zero attached hydrogens (tertiary/aromatic N) is 5. The van der Waals surface area contributed by atoms with Crippen LogP contribution in [0.1, 0.15) is 36.2 Å². The SMILES string of the molecule is CCc1nc2sc(C(c3ccccc3)N3CCN(CC)CC3)c(O)n2n1. The fourth-order valence-corrected chi connectivity index (χ4v) is 4.76. The number of thiazole rings is 1. The number of piperazine rings is 1. The zero-order valence-electron chi connectivity index (χ0n) is 15.3. The summed E-state index contributed by atoms with van der Waals surface area (Å²) in [5, 5.41) is 15.3. The number of benzene rings is 1. The summed E-state index contributed by atoms with van der Waals surface area (Å²) in [6, 6.07) is 10.5. The van der Waals surface area contributed by atoms with Crippen LogP contribution in [0.5, 0.6) is 5.88 Å². The van der Waals surface area contributed by atoms with Crippen molar-refractivity contribution < 1.29 is 5.11 Å². The van der Waals surface area contributed by atoms with Gasteiger partial charge in [0.25, 0.3) is 0 Å². The molecule has 1 unspecified atom stereocenters. The summed E-state index contributed by atoms with van der Waals surface area (Å²) in [6.45, 7) is 9.41. The molecule has 1 fully saturated rings. The molecular formula is C19H25N5OS. The minimum atomic E-state index is 0.0359. The highest BCUT2D eigenvalue weighted by Crippen LogP contribution is 2.40. The van der Waals surface area contributed by atoms with E-state index in [9.17, 15) is 5.11 Å². The summed E-state index contributed by atoms with van der Waals surface area (Å²) in [5.41, 5.74) is 1.20.